The zero-order valence-corrected chi connectivity index (χ0v) is 8.06. The Balaban J connectivity index is 2.69. The molecule has 0 aliphatic carbocycles. The monoisotopic (exact) mass is 183 g/mol. The number of hydrogen-bond acceptors (Lipinski definition) is 1. The van der Waals surface area contributed by atoms with Gasteiger partial charge in [0.1, 0.15) is 0 Å². The van der Waals surface area contributed by atoms with E-state index in [2.05, 4.69) is 12.1 Å². The van der Waals surface area contributed by atoms with Crippen LogP contribution in [0.15, 0.2) is 18.2 Å². The van der Waals surface area contributed by atoms with Gasteiger partial charge in [0.2, 0.25) is 0 Å². The maximum Gasteiger partial charge on any atom is 0.0435 e. The van der Waals surface area contributed by atoms with Crippen LogP contribution >= 0.6 is 11.6 Å². The van der Waals surface area contributed by atoms with Crippen molar-refractivity contribution < 1.29 is 0 Å². The number of hydrogen-bond donors (Lipinski definition) is 1. The zero-order valence-electron chi connectivity index (χ0n) is 7.31. The predicted molar refractivity (Wildman–Crippen MR) is 53.6 cm³/mol. The lowest BCUT2D eigenvalue weighted by molar-refractivity contribution is 0.832. The highest BCUT2D eigenvalue weighted by Gasteiger charge is 1.96. The summed E-state index contributed by atoms with van der Waals surface area (Å²) in [5, 5.41) is 0.839. The number of aryl methyl sites for hydroxylation is 2. The molecule has 66 valence electrons. The Morgan fingerprint density at radius 2 is 2.17 bits per heavy atom. The fourth-order valence-corrected chi connectivity index (χ4v) is 1.29. The lowest BCUT2D eigenvalue weighted by atomic mass is 10.1. The molecule has 0 aromatic heterocycles. The first kappa shape index (κ1) is 9.56. The minimum absolute atomic E-state index is 0.752. The van der Waals surface area contributed by atoms with E-state index >= 15 is 0 Å². The van der Waals surface area contributed by atoms with Crippen LogP contribution < -0.4 is 5.73 Å². The normalized spacial score (nSPS) is 10.2. The summed E-state index contributed by atoms with van der Waals surface area (Å²) in [7, 11) is 0. The molecular formula is C10H14ClN. The van der Waals surface area contributed by atoms with Crippen LogP contribution in [0.5, 0.6) is 0 Å². The van der Waals surface area contributed by atoms with Crippen LogP contribution in [0.3, 0.4) is 0 Å². The molecular weight excluding hydrogens is 170 g/mol. The smallest absolute Gasteiger partial charge is 0.0435 e. The second-order valence-corrected chi connectivity index (χ2v) is 3.38. The summed E-state index contributed by atoms with van der Waals surface area (Å²) in [5.74, 6) is 0. The van der Waals surface area contributed by atoms with Crippen LogP contribution in [-0.2, 0) is 6.42 Å². The van der Waals surface area contributed by atoms with E-state index in [0.717, 1.165) is 30.0 Å². The first-order valence-electron chi connectivity index (χ1n) is 4.19. The van der Waals surface area contributed by atoms with E-state index in [9.17, 15) is 0 Å². The molecule has 0 aliphatic rings. The van der Waals surface area contributed by atoms with Crippen molar-refractivity contribution in [3.8, 4) is 0 Å². The Bertz CT molecular complexity index is 258. The van der Waals surface area contributed by atoms with E-state index in [1.165, 1.54) is 5.56 Å². The van der Waals surface area contributed by atoms with Gasteiger partial charge in [0, 0.05) is 5.02 Å². The van der Waals surface area contributed by atoms with E-state index in [0.29, 0.717) is 0 Å². The Labute approximate surface area is 78.5 Å². The summed E-state index contributed by atoms with van der Waals surface area (Å²) in [6.45, 7) is 2.77. The lowest BCUT2D eigenvalue weighted by Gasteiger charge is -2.02. The summed E-state index contributed by atoms with van der Waals surface area (Å²) >= 11 is 5.89. The molecule has 0 heterocycles. The number of halogens is 1. The minimum Gasteiger partial charge on any atom is -0.330 e. The molecule has 1 aromatic carbocycles. The van der Waals surface area contributed by atoms with Crippen molar-refractivity contribution >= 4 is 11.6 Å². The van der Waals surface area contributed by atoms with Gasteiger partial charge in [-0.15, -0.1) is 0 Å². The Kier molecular flexibility index (Phi) is 3.57. The van der Waals surface area contributed by atoms with Gasteiger partial charge in [0.15, 0.2) is 0 Å². The molecule has 1 aromatic rings. The molecule has 0 saturated carbocycles. The van der Waals surface area contributed by atoms with Gasteiger partial charge in [0.05, 0.1) is 0 Å². The van der Waals surface area contributed by atoms with Crippen LogP contribution in [0, 0.1) is 6.92 Å². The molecule has 12 heavy (non-hydrogen) atoms. The van der Waals surface area contributed by atoms with Crippen molar-refractivity contribution in [1.29, 1.82) is 0 Å². The van der Waals surface area contributed by atoms with E-state index in [1.807, 2.05) is 13.0 Å². The lowest BCUT2D eigenvalue weighted by Crippen LogP contribution is -2.00. The van der Waals surface area contributed by atoms with Gasteiger partial charge in [0.25, 0.3) is 0 Å². The fraction of sp³-hybridized carbons (Fsp3) is 0.400. The summed E-state index contributed by atoms with van der Waals surface area (Å²) in [4.78, 5) is 0. The molecule has 0 amide bonds. The van der Waals surface area contributed by atoms with Crippen molar-refractivity contribution in [2.24, 2.45) is 5.73 Å². The van der Waals surface area contributed by atoms with Gasteiger partial charge in [-0.1, -0.05) is 23.7 Å². The average Bonchev–Trinajstić information content (AvgIpc) is 2.07. The maximum absolute atomic E-state index is 5.89. The summed E-state index contributed by atoms with van der Waals surface area (Å²) in [6.07, 6.45) is 2.09. The molecule has 0 radical (unpaired) electrons. The third kappa shape index (κ3) is 2.50. The minimum atomic E-state index is 0.752. The highest BCUT2D eigenvalue weighted by Crippen LogP contribution is 2.16. The van der Waals surface area contributed by atoms with E-state index in [1.54, 1.807) is 0 Å². The predicted octanol–water partition coefficient (Wildman–Crippen LogP) is 2.54. The Morgan fingerprint density at radius 3 is 2.75 bits per heavy atom. The number of benzene rings is 1. The molecule has 0 saturated heterocycles. The zero-order chi connectivity index (χ0) is 8.97. The van der Waals surface area contributed by atoms with Crippen LogP contribution in [0.1, 0.15) is 17.5 Å². The van der Waals surface area contributed by atoms with Gasteiger partial charge in [-0.05, 0) is 43.5 Å². The first-order chi connectivity index (χ1) is 5.74. The van der Waals surface area contributed by atoms with E-state index < -0.39 is 0 Å². The average molecular weight is 184 g/mol. The molecule has 1 nitrogen and oxygen atoms in total. The molecule has 0 unspecified atom stereocenters. The Morgan fingerprint density at radius 1 is 1.42 bits per heavy atom. The van der Waals surface area contributed by atoms with E-state index in [-0.39, 0.29) is 0 Å². The Hall–Kier alpha value is -0.530. The highest BCUT2D eigenvalue weighted by atomic mass is 35.5. The van der Waals surface area contributed by atoms with Crippen molar-refractivity contribution in [2.75, 3.05) is 6.54 Å². The maximum atomic E-state index is 5.89. The third-order valence-electron chi connectivity index (χ3n) is 1.89. The van der Waals surface area contributed by atoms with Crippen molar-refractivity contribution in [3.05, 3.63) is 34.3 Å². The topological polar surface area (TPSA) is 26.0 Å². The van der Waals surface area contributed by atoms with Gasteiger partial charge in [-0.2, -0.15) is 0 Å². The largest absolute Gasteiger partial charge is 0.330 e. The molecule has 2 heteroatoms. The van der Waals surface area contributed by atoms with E-state index in [4.69, 9.17) is 17.3 Å². The van der Waals surface area contributed by atoms with Crippen molar-refractivity contribution in [1.82, 2.24) is 0 Å². The second kappa shape index (κ2) is 4.48. The summed E-state index contributed by atoms with van der Waals surface area (Å²) in [5.41, 5.74) is 7.88. The third-order valence-corrected chi connectivity index (χ3v) is 2.32. The first-order valence-corrected chi connectivity index (χ1v) is 4.57. The number of nitrogens with two attached hydrogens (primary N) is 1. The number of rotatable bonds is 3. The SMILES string of the molecule is Cc1cc(CCCN)ccc1Cl. The van der Waals surface area contributed by atoms with Crippen LogP contribution in [-0.4, -0.2) is 6.54 Å². The molecule has 0 bridgehead atoms. The molecule has 0 aliphatic heterocycles. The fourth-order valence-electron chi connectivity index (χ4n) is 1.17. The highest BCUT2D eigenvalue weighted by molar-refractivity contribution is 6.31. The standard InChI is InChI=1S/C10H14ClN/c1-8-7-9(3-2-6-12)4-5-10(8)11/h4-5,7H,2-3,6,12H2,1H3. The molecule has 0 fully saturated rings. The quantitative estimate of drug-likeness (QED) is 0.766. The van der Waals surface area contributed by atoms with Crippen LogP contribution in [0.2, 0.25) is 5.02 Å². The molecule has 0 spiro atoms. The van der Waals surface area contributed by atoms with Gasteiger partial charge < -0.3 is 5.73 Å². The van der Waals surface area contributed by atoms with Crippen LogP contribution in [0.4, 0.5) is 0 Å². The van der Waals surface area contributed by atoms with Gasteiger partial charge in [-0.25, -0.2) is 0 Å². The summed E-state index contributed by atoms with van der Waals surface area (Å²) < 4.78 is 0. The second-order valence-electron chi connectivity index (χ2n) is 2.98. The van der Waals surface area contributed by atoms with Crippen LogP contribution in [0.25, 0.3) is 0 Å². The molecule has 2 N–H and O–H groups in total. The van der Waals surface area contributed by atoms with Crippen molar-refractivity contribution in [3.63, 3.8) is 0 Å². The molecule has 1 rings (SSSR count). The molecule has 0 atom stereocenters. The van der Waals surface area contributed by atoms with Crippen molar-refractivity contribution in [2.45, 2.75) is 19.8 Å². The van der Waals surface area contributed by atoms with Gasteiger partial charge in [-0.3, -0.25) is 0 Å². The van der Waals surface area contributed by atoms with Gasteiger partial charge >= 0.3 is 0 Å². The summed E-state index contributed by atoms with van der Waals surface area (Å²) in [6, 6.07) is 6.13.